The number of nitriles is 1. The number of rotatable bonds is 4. The summed E-state index contributed by atoms with van der Waals surface area (Å²) in [5.74, 6) is 0. The molecule has 108 valence electrons. The van der Waals surface area contributed by atoms with Crippen molar-refractivity contribution in [2.45, 2.75) is 13.1 Å². The van der Waals surface area contributed by atoms with E-state index in [9.17, 15) is 4.79 Å². The van der Waals surface area contributed by atoms with Crippen molar-refractivity contribution in [2.75, 3.05) is 7.05 Å². The number of benzene rings is 1. The maximum absolute atomic E-state index is 12.0. The van der Waals surface area contributed by atoms with Crippen LogP contribution >= 0.6 is 0 Å². The second kappa shape index (κ2) is 6.57. The highest BCUT2D eigenvalue weighted by atomic mass is 16.2. The van der Waals surface area contributed by atoms with Crippen molar-refractivity contribution in [3.63, 3.8) is 0 Å². The van der Waals surface area contributed by atoms with Crippen LogP contribution in [0.3, 0.4) is 0 Å². The lowest BCUT2D eigenvalue weighted by atomic mass is 10.1. The van der Waals surface area contributed by atoms with Crippen LogP contribution < -0.4 is 5.32 Å². The molecule has 1 aromatic heterocycles. The van der Waals surface area contributed by atoms with Gasteiger partial charge in [0.1, 0.15) is 0 Å². The molecule has 2 rings (SSSR count). The van der Waals surface area contributed by atoms with Gasteiger partial charge in [-0.2, -0.15) is 10.4 Å². The van der Waals surface area contributed by atoms with Gasteiger partial charge < -0.3 is 10.2 Å². The molecule has 2 amide bonds. The molecule has 0 aliphatic heterocycles. The molecule has 0 aliphatic rings. The fourth-order valence-corrected chi connectivity index (χ4v) is 1.96. The van der Waals surface area contributed by atoms with Gasteiger partial charge in [0.05, 0.1) is 23.9 Å². The summed E-state index contributed by atoms with van der Waals surface area (Å²) in [6.07, 6.45) is 1.69. The van der Waals surface area contributed by atoms with E-state index in [2.05, 4.69) is 16.5 Å². The van der Waals surface area contributed by atoms with E-state index in [0.29, 0.717) is 18.7 Å². The second-order valence-corrected chi connectivity index (χ2v) is 4.77. The van der Waals surface area contributed by atoms with Gasteiger partial charge in [0, 0.05) is 26.8 Å². The van der Waals surface area contributed by atoms with Crippen molar-refractivity contribution >= 4 is 6.03 Å². The number of nitrogens with one attached hydrogen (secondary N) is 1. The Kier molecular flexibility index (Phi) is 4.57. The van der Waals surface area contributed by atoms with E-state index in [1.807, 2.05) is 25.2 Å². The van der Waals surface area contributed by atoms with Crippen molar-refractivity contribution in [3.8, 4) is 6.07 Å². The SMILES string of the molecule is CN(Cc1cccc(C#N)c1)C(=O)NCc1ccnn1C. The third kappa shape index (κ3) is 3.83. The van der Waals surface area contributed by atoms with Crippen LogP contribution in [0.15, 0.2) is 36.5 Å². The number of hydrogen-bond donors (Lipinski definition) is 1. The topological polar surface area (TPSA) is 74.0 Å². The summed E-state index contributed by atoms with van der Waals surface area (Å²) in [5, 5.41) is 15.8. The molecule has 0 spiro atoms. The van der Waals surface area contributed by atoms with Gasteiger partial charge in [0.25, 0.3) is 0 Å². The van der Waals surface area contributed by atoms with Gasteiger partial charge in [-0.1, -0.05) is 12.1 Å². The first-order valence-corrected chi connectivity index (χ1v) is 6.55. The van der Waals surface area contributed by atoms with Crippen molar-refractivity contribution in [1.29, 1.82) is 5.26 Å². The fourth-order valence-electron chi connectivity index (χ4n) is 1.96. The Labute approximate surface area is 123 Å². The zero-order valence-corrected chi connectivity index (χ0v) is 12.1. The molecule has 0 aliphatic carbocycles. The molecular formula is C15H17N5O. The number of nitrogens with zero attached hydrogens (tertiary/aromatic N) is 4. The number of aryl methyl sites for hydroxylation is 1. The lowest BCUT2D eigenvalue weighted by molar-refractivity contribution is 0.206. The number of hydrogen-bond acceptors (Lipinski definition) is 3. The zero-order chi connectivity index (χ0) is 15.2. The summed E-state index contributed by atoms with van der Waals surface area (Å²) >= 11 is 0. The molecule has 0 bridgehead atoms. The summed E-state index contributed by atoms with van der Waals surface area (Å²) in [4.78, 5) is 13.6. The quantitative estimate of drug-likeness (QED) is 0.926. The minimum absolute atomic E-state index is 0.168. The Bertz CT molecular complexity index is 671. The second-order valence-electron chi connectivity index (χ2n) is 4.77. The monoisotopic (exact) mass is 283 g/mol. The Hall–Kier alpha value is -2.81. The number of carbonyl (C=O) groups excluding carboxylic acids is 1. The van der Waals surface area contributed by atoms with Crippen LogP contribution in [0.25, 0.3) is 0 Å². The molecule has 21 heavy (non-hydrogen) atoms. The number of amides is 2. The summed E-state index contributed by atoms with van der Waals surface area (Å²) in [5.41, 5.74) is 2.45. The van der Waals surface area contributed by atoms with Gasteiger partial charge in [-0.3, -0.25) is 4.68 Å². The van der Waals surface area contributed by atoms with Crippen molar-refractivity contribution in [1.82, 2.24) is 20.0 Å². The first-order chi connectivity index (χ1) is 10.1. The molecule has 2 aromatic rings. The Morgan fingerprint density at radius 3 is 2.95 bits per heavy atom. The van der Waals surface area contributed by atoms with E-state index in [0.717, 1.165) is 11.3 Å². The van der Waals surface area contributed by atoms with E-state index < -0.39 is 0 Å². The van der Waals surface area contributed by atoms with Gasteiger partial charge in [0.2, 0.25) is 0 Å². The molecule has 0 saturated heterocycles. The normalized spacial score (nSPS) is 9.95. The summed E-state index contributed by atoms with van der Waals surface area (Å²) < 4.78 is 1.72. The predicted molar refractivity (Wildman–Crippen MR) is 78.1 cm³/mol. The van der Waals surface area contributed by atoms with Gasteiger partial charge in [0.15, 0.2) is 0 Å². The highest BCUT2D eigenvalue weighted by Gasteiger charge is 2.10. The van der Waals surface area contributed by atoms with E-state index in [-0.39, 0.29) is 6.03 Å². The highest BCUT2D eigenvalue weighted by Crippen LogP contribution is 2.07. The van der Waals surface area contributed by atoms with Crippen molar-refractivity contribution < 1.29 is 4.79 Å². The van der Waals surface area contributed by atoms with Gasteiger partial charge in [-0.25, -0.2) is 4.79 Å². The van der Waals surface area contributed by atoms with Gasteiger partial charge in [-0.15, -0.1) is 0 Å². The fraction of sp³-hybridized carbons (Fsp3) is 0.267. The van der Waals surface area contributed by atoms with Crippen LogP contribution in [0, 0.1) is 11.3 Å². The first-order valence-electron chi connectivity index (χ1n) is 6.55. The maximum atomic E-state index is 12.0. The van der Waals surface area contributed by atoms with Gasteiger partial charge in [-0.05, 0) is 23.8 Å². The van der Waals surface area contributed by atoms with E-state index in [1.165, 1.54) is 0 Å². The van der Waals surface area contributed by atoms with Crippen LogP contribution in [-0.2, 0) is 20.1 Å². The Morgan fingerprint density at radius 1 is 1.48 bits per heavy atom. The number of urea groups is 1. The summed E-state index contributed by atoms with van der Waals surface area (Å²) in [7, 11) is 3.55. The molecule has 1 aromatic carbocycles. The predicted octanol–water partition coefficient (Wildman–Crippen LogP) is 1.63. The lowest BCUT2D eigenvalue weighted by Crippen LogP contribution is -2.36. The van der Waals surface area contributed by atoms with Crippen molar-refractivity contribution in [3.05, 3.63) is 53.3 Å². The molecule has 0 radical (unpaired) electrons. The van der Waals surface area contributed by atoms with Crippen LogP contribution in [-0.4, -0.2) is 27.8 Å². The Balaban J connectivity index is 1.90. The molecule has 6 heteroatoms. The average molecular weight is 283 g/mol. The summed E-state index contributed by atoms with van der Waals surface area (Å²) in [6, 6.07) is 11.0. The van der Waals surface area contributed by atoms with Crippen LogP contribution in [0.4, 0.5) is 4.79 Å². The van der Waals surface area contributed by atoms with Crippen LogP contribution in [0.2, 0.25) is 0 Å². The van der Waals surface area contributed by atoms with Crippen LogP contribution in [0.1, 0.15) is 16.8 Å². The number of aromatic nitrogens is 2. The van der Waals surface area contributed by atoms with E-state index in [1.54, 1.807) is 35.0 Å². The standard InChI is InChI=1S/C15H17N5O/c1-19(11-13-5-3-4-12(8-13)9-16)15(21)17-10-14-6-7-18-20(14)2/h3-8H,10-11H2,1-2H3,(H,17,21). The molecule has 0 atom stereocenters. The molecule has 0 saturated carbocycles. The first kappa shape index (κ1) is 14.6. The third-order valence-electron chi connectivity index (χ3n) is 3.17. The smallest absolute Gasteiger partial charge is 0.317 e. The van der Waals surface area contributed by atoms with Crippen LogP contribution in [0.5, 0.6) is 0 Å². The summed E-state index contributed by atoms with van der Waals surface area (Å²) in [6.45, 7) is 0.880. The minimum Gasteiger partial charge on any atom is -0.332 e. The molecule has 0 fully saturated rings. The van der Waals surface area contributed by atoms with E-state index in [4.69, 9.17) is 5.26 Å². The Morgan fingerprint density at radius 2 is 2.29 bits per heavy atom. The highest BCUT2D eigenvalue weighted by molar-refractivity contribution is 5.73. The largest absolute Gasteiger partial charge is 0.332 e. The molecule has 6 nitrogen and oxygen atoms in total. The zero-order valence-electron chi connectivity index (χ0n) is 12.1. The number of carbonyl (C=O) groups is 1. The molecular weight excluding hydrogens is 266 g/mol. The minimum atomic E-state index is -0.168. The lowest BCUT2D eigenvalue weighted by Gasteiger charge is -2.18. The van der Waals surface area contributed by atoms with E-state index >= 15 is 0 Å². The molecule has 1 heterocycles. The van der Waals surface area contributed by atoms with Gasteiger partial charge >= 0.3 is 6.03 Å². The maximum Gasteiger partial charge on any atom is 0.317 e. The molecule has 0 unspecified atom stereocenters. The third-order valence-corrected chi connectivity index (χ3v) is 3.17. The van der Waals surface area contributed by atoms with Crippen molar-refractivity contribution in [2.24, 2.45) is 7.05 Å². The average Bonchev–Trinajstić information content (AvgIpc) is 2.90. The molecule has 1 N–H and O–H groups in total.